The zero-order valence-corrected chi connectivity index (χ0v) is 13.6. The number of hydrogen-bond donors (Lipinski definition) is 2. The van der Waals surface area contributed by atoms with Crippen LogP contribution in [0.5, 0.6) is 0 Å². The first-order chi connectivity index (χ1) is 9.77. The average molecular weight is 333 g/mol. The lowest BCUT2D eigenvalue weighted by Gasteiger charge is -2.09. The van der Waals surface area contributed by atoms with E-state index in [0.717, 1.165) is 0 Å². The van der Waals surface area contributed by atoms with Crippen LogP contribution in [0.3, 0.4) is 0 Å². The van der Waals surface area contributed by atoms with Crippen molar-refractivity contribution in [2.75, 3.05) is 18.6 Å². The molecule has 8 heteroatoms. The molecule has 0 spiro atoms. The van der Waals surface area contributed by atoms with Crippen LogP contribution in [0.2, 0.25) is 0 Å². The van der Waals surface area contributed by atoms with Gasteiger partial charge in [-0.05, 0) is 30.5 Å². The van der Waals surface area contributed by atoms with Crippen molar-refractivity contribution in [3.63, 3.8) is 0 Å². The molecular weight excluding hydrogens is 314 g/mol. The van der Waals surface area contributed by atoms with Crippen molar-refractivity contribution in [2.45, 2.75) is 24.7 Å². The summed E-state index contributed by atoms with van der Waals surface area (Å²) in [6.45, 7) is 1.97. The van der Waals surface area contributed by atoms with Crippen LogP contribution in [0.4, 0.5) is 0 Å². The normalized spacial score (nSPS) is 13.0. The van der Waals surface area contributed by atoms with Crippen LogP contribution < -0.4 is 4.72 Å². The molecule has 0 aliphatic carbocycles. The van der Waals surface area contributed by atoms with Crippen LogP contribution in [-0.4, -0.2) is 42.3 Å². The van der Waals surface area contributed by atoms with Gasteiger partial charge in [0.25, 0.3) is 0 Å². The van der Waals surface area contributed by atoms with Crippen LogP contribution in [0, 0.1) is 0 Å². The highest BCUT2D eigenvalue weighted by atomic mass is 32.2. The number of nitrogens with one attached hydrogen (secondary N) is 1. The highest BCUT2D eigenvalue weighted by Gasteiger charge is 2.17. The molecule has 0 aliphatic heterocycles. The Labute approximate surface area is 127 Å². The lowest BCUT2D eigenvalue weighted by Crippen LogP contribution is -2.26. The van der Waals surface area contributed by atoms with Crippen molar-refractivity contribution in [3.05, 3.63) is 29.3 Å². The van der Waals surface area contributed by atoms with Crippen LogP contribution in [0.1, 0.15) is 29.3 Å². The van der Waals surface area contributed by atoms with Gasteiger partial charge in [0.1, 0.15) is 0 Å². The Kier molecular flexibility index (Phi) is 6.50. The smallest absolute Gasteiger partial charge is 0.336 e. The molecule has 1 aromatic carbocycles. The summed E-state index contributed by atoms with van der Waals surface area (Å²) in [5.41, 5.74) is 0.581. The van der Waals surface area contributed by atoms with E-state index in [4.69, 9.17) is 5.11 Å². The third-order valence-corrected chi connectivity index (χ3v) is 5.23. The summed E-state index contributed by atoms with van der Waals surface area (Å²) in [6, 6.07) is 4.08. The number of rotatable bonds is 8. The number of hydrogen-bond acceptors (Lipinski definition) is 4. The maximum atomic E-state index is 12.1. The zero-order chi connectivity index (χ0) is 16.0. The molecule has 0 saturated carbocycles. The Bertz CT molecular complexity index is 640. The van der Waals surface area contributed by atoms with Crippen LogP contribution in [0.15, 0.2) is 23.1 Å². The number of carbonyl (C=O) groups is 1. The Balaban J connectivity index is 2.90. The summed E-state index contributed by atoms with van der Waals surface area (Å²) in [4.78, 5) is 11.1. The fourth-order valence-electron chi connectivity index (χ4n) is 1.80. The summed E-state index contributed by atoms with van der Waals surface area (Å²) in [6.07, 6.45) is 2.52. The summed E-state index contributed by atoms with van der Waals surface area (Å²) in [5.74, 6) is -0.734. The number of carboxylic acids is 1. The highest BCUT2D eigenvalue weighted by Crippen LogP contribution is 2.17. The maximum absolute atomic E-state index is 12.1. The molecular formula is C13H19NO5S2. The summed E-state index contributed by atoms with van der Waals surface area (Å²) in [5, 5.41) is 9.11. The van der Waals surface area contributed by atoms with Crippen molar-refractivity contribution in [3.8, 4) is 0 Å². The largest absolute Gasteiger partial charge is 0.478 e. The van der Waals surface area contributed by atoms with Crippen LogP contribution in [0.25, 0.3) is 0 Å². The van der Waals surface area contributed by atoms with Crippen LogP contribution >= 0.6 is 0 Å². The van der Waals surface area contributed by atoms with E-state index in [1.807, 2.05) is 0 Å². The second kappa shape index (κ2) is 7.67. The lowest BCUT2D eigenvalue weighted by molar-refractivity contribution is 0.0695. The Morgan fingerprint density at radius 1 is 1.38 bits per heavy atom. The molecule has 0 heterocycles. The molecule has 1 aromatic rings. The fraction of sp³-hybridized carbons (Fsp3) is 0.462. The Morgan fingerprint density at radius 3 is 2.57 bits per heavy atom. The van der Waals surface area contributed by atoms with Crippen molar-refractivity contribution in [2.24, 2.45) is 0 Å². The van der Waals surface area contributed by atoms with Gasteiger partial charge in [0, 0.05) is 29.4 Å². The van der Waals surface area contributed by atoms with E-state index in [1.54, 1.807) is 13.2 Å². The second-order valence-corrected chi connectivity index (χ2v) is 7.83. The van der Waals surface area contributed by atoms with E-state index in [0.29, 0.717) is 24.2 Å². The first kappa shape index (κ1) is 17.8. The molecule has 1 unspecified atom stereocenters. The van der Waals surface area contributed by atoms with Gasteiger partial charge in [-0.2, -0.15) is 0 Å². The molecule has 0 aromatic heterocycles. The number of aromatic carboxylic acids is 1. The molecule has 0 aliphatic rings. The predicted octanol–water partition coefficient (Wildman–Crippen LogP) is 0.994. The standard InChI is InChI=1S/C13H19NO5S2/c1-3-10-5-6-11(9-12(10)13(15)16)21(18,19)14-7-4-8-20(2)17/h5-6,9,14H,3-4,7-8H2,1-2H3,(H,15,16). The minimum atomic E-state index is -3.75. The average Bonchev–Trinajstić information content (AvgIpc) is 2.42. The molecule has 1 rings (SSSR count). The van der Waals surface area contributed by atoms with E-state index >= 15 is 0 Å². The third-order valence-electron chi connectivity index (χ3n) is 2.90. The van der Waals surface area contributed by atoms with Gasteiger partial charge in [-0.3, -0.25) is 4.21 Å². The van der Waals surface area contributed by atoms with E-state index < -0.39 is 26.8 Å². The van der Waals surface area contributed by atoms with Gasteiger partial charge in [0.15, 0.2) is 0 Å². The molecule has 0 bridgehead atoms. The number of aryl methyl sites for hydroxylation is 1. The van der Waals surface area contributed by atoms with Gasteiger partial charge >= 0.3 is 5.97 Å². The molecule has 118 valence electrons. The first-order valence-electron chi connectivity index (χ1n) is 6.44. The summed E-state index contributed by atoms with van der Waals surface area (Å²) < 4.78 is 37.4. The number of benzene rings is 1. The minimum Gasteiger partial charge on any atom is -0.478 e. The molecule has 0 saturated heterocycles. The van der Waals surface area contributed by atoms with Gasteiger partial charge in [-0.1, -0.05) is 13.0 Å². The molecule has 2 N–H and O–H groups in total. The third kappa shape index (κ3) is 5.22. The van der Waals surface area contributed by atoms with Gasteiger partial charge in [0.05, 0.1) is 10.5 Å². The number of sulfonamides is 1. The second-order valence-electron chi connectivity index (χ2n) is 4.51. The molecule has 21 heavy (non-hydrogen) atoms. The monoisotopic (exact) mass is 333 g/mol. The molecule has 6 nitrogen and oxygen atoms in total. The molecule has 0 fully saturated rings. The first-order valence-corrected chi connectivity index (χ1v) is 9.65. The summed E-state index contributed by atoms with van der Waals surface area (Å²) in [7, 11) is -4.72. The quantitative estimate of drug-likeness (QED) is 0.691. The number of carboxylic acid groups (broad SMARTS) is 1. The predicted molar refractivity (Wildman–Crippen MR) is 81.5 cm³/mol. The molecule has 1 atom stereocenters. The SMILES string of the molecule is CCc1ccc(S(=O)(=O)NCCCS(C)=O)cc1C(=O)O. The fourth-order valence-corrected chi connectivity index (χ4v) is 3.45. The van der Waals surface area contributed by atoms with Crippen molar-refractivity contribution in [1.29, 1.82) is 0 Å². The van der Waals surface area contributed by atoms with Crippen molar-refractivity contribution >= 4 is 26.8 Å². The van der Waals surface area contributed by atoms with Crippen molar-refractivity contribution < 1.29 is 22.5 Å². The lowest BCUT2D eigenvalue weighted by atomic mass is 10.1. The van der Waals surface area contributed by atoms with E-state index in [2.05, 4.69) is 4.72 Å². The van der Waals surface area contributed by atoms with Gasteiger partial charge in [0.2, 0.25) is 10.0 Å². The minimum absolute atomic E-state index is 0.00460. The zero-order valence-electron chi connectivity index (χ0n) is 12.0. The van der Waals surface area contributed by atoms with E-state index in [-0.39, 0.29) is 17.0 Å². The van der Waals surface area contributed by atoms with Gasteiger partial charge in [-0.25, -0.2) is 17.9 Å². The topological polar surface area (TPSA) is 101 Å². The highest BCUT2D eigenvalue weighted by molar-refractivity contribution is 7.89. The maximum Gasteiger partial charge on any atom is 0.336 e. The molecule has 0 amide bonds. The molecule has 0 radical (unpaired) electrons. The van der Waals surface area contributed by atoms with Gasteiger partial charge < -0.3 is 5.11 Å². The van der Waals surface area contributed by atoms with Gasteiger partial charge in [-0.15, -0.1) is 0 Å². The van der Waals surface area contributed by atoms with Crippen LogP contribution in [-0.2, 0) is 27.2 Å². The van der Waals surface area contributed by atoms with Crippen molar-refractivity contribution in [1.82, 2.24) is 4.72 Å². The summed E-state index contributed by atoms with van der Waals surface area (Å²) >= 11 is 0. The Morgan fingerprint density at radius 2 is 2.05 bits per heavy atom. The van der Waals surface area contributed by atoms with E-state index in [9.17, 15) is 17.4 Å². The van der Waals surface area contributed by atoms with E-state index in [1.165, 1.54) is 18.2 Å². The Hall–Kier alpha value is -1.25.